The lowest BCUT2D eigenvalue weighted by atomic mass is 9.98. The van der Waals surface area contributed by atoms with E-state index in [1.165, 1.54) is 0 Å². The molecule has 10 nitrogen and oxygen atoms in total. The minimum Gasteiger partial charge on any atom is -0.444 e. The molecule has 2 aromatic rings. The molecule has 40 heavy (non-hydrogen) atoms. The Bertz CT molecular complexity index is 1200. The van der Waals surface area contributed by atoms with Crippen molar-refractivity contribution in [3.63, 3.8) is 0 Å². The number of piperidine rings is 1. The van der Waals surface area contributed by atoms with Crippen LogP contribution < -0.4 is 5.32 Å². The summed E-state index contributed by atoms with van der Waals surface area (Å²) in [5.41, 5.74) is 1.32. The first kappa shape index (κ1) is 29.4. The van der Waals surface area contributed by atoms with Gasteiger partial charge >= 0.3 is 12.2 Å². The topological polar surface area (TPSA) is 112 Å². The Hall–Kier alpha value is -3.56. The molecule has 1 aromatic heterocycles. The highest BCUT2D eigenvalue weighted by molar-refractivity contribution is 5.94. The Kier molecular flexibility index (Phi) is 8.75. The van der Waals surface area contributed by atoms with Gasteiger partial charge in [-0.05, 0) is 66.0 Å². The highest BCUT2D eigenvalue weighted by Crippen LogP contribution is 2.26. The second-order valence-corrected chi connectivity index (χ2v) is 12.6. The van der Waals surface area contributed by atoms with Gasteiger partial charge in [0.05, 0.1) is 5.69 Å². The second kappa shape index (κ2) is 11.9. The highest BCUT2D eigenvalue weighted by atomic mass is 16.7. The molecule has 218 valence electrons. The van der Waals surface area contributed by atoms with Crippen LogP contribution in [0.2, 0.25) is 0 Å². The Morgan fingerprint density at radius 2 is 1.57 bits per heavy atom. The standard InChI is InChI=1S/C30H42N4O6/c1-29(2,3)39-27(36)31-18-20-11-14-34-19-24(32-25(34)17-20)21-7-9-22(10-8-21)26(35)33-15-12-23(13-16-33)38-28(37)40-30(4,5)6/h7-10,19-20,23H,11-18H2,1-6H3,(H,31,36). The first-order chi connectivity index (χ1) is 18.8. The molecule has 0 bridgehead atoms. The Labute approximate surface area is 236 Å². The number of fused-ring (bicyclic) bond motifs is 1. The van der Waals surface area contributed by atoms with Crippen molar-refractivity contribution >= 4 is 18.2 Å². The van der Waals surface area contributed by atoms with E-state index in [4.69, 9.17) is 19.2 Å². The quantitative estimate of drug-likeness (QED) is 0.506. The van der Waals surface area contributed by atoms with Gasteiger partial charge in [0.25, 0.3) is 5.91 Å². The number of carbonyl (C=O) groups excluding carboxylic acids is 3. The van der Waals surface area contributed by atoms with Crippen LogP contribution in [0, 0.1) is 5.92 Å². The van der Waals surface area contributed by atoms with Crippen LogP contribution in [0.4, 0.5) is 9.59 Å². The molecule has 1 saturated heterocycles. The molecule has 1 N–H and O–H groups in total. The molecule has 0 spiro atoms. The summed E-state index contributed by atoms with van der Waals surface area (Å²) in [7, 11) is 0. The maximum atomic E-state index is 13.1. The summed E-state index contributed by atoms with van der Waals surface area (Å²) in [6.45, 7) is 13.4. The number of hydrogen-bond acceptors (Lipinski definition) is 7. The molecule has 0 saturated carbocycles. The smallest absolute Gasteiger partial charge is 0.444 e. The van der Waals surface area contributed by atoms with Gasteiger partial charge in [-0.1, -0.05) is 12.1 Å². The van der Waals surface area contributed by atoms with Gasteiger partial charge in [0.2, 0.25) is 0 Å². The van der Waals surface area contributed by atoms with Gasteiger partial charge in [-0.15, -0.1) is 0 Å². The van der Waals surface area contributed by atoms with E-state index in [2.05, 4.69) is 16.1 Å². The number of aryl methyl sites for hydroxylation is 1. The first-order valence-electron chi connectivity index (χ1n) is 14.1. The summed E-state index contributed by atoms with van der Waals surface area (Å²) in [5, 5.41) is 2.88. The molecule has 4 rings (SSSR count). The number of benzene rings is 1. The van der Waals surface area contributed by atoms with Crippen molar-refractivity contribution in [3.05, 3.63) is 41.9 Å². The van der Waals surface area contributed by atoms with Gasteiger partial charge < -0.3 is 29.0 Å². The summed E-state index contributed by atoms with van der Waals surface area (Å²) in [4.78, 5) is 43.7. The Balaban J connectivity index is 1.28. The summed E-state index contributed by atoms with van der Waals surface area (Å²) in [6, 6.07) is 7.54. The fourth-order valence-corrected chi connectivity index (χ4v) is 4.90. The van der Waals surface area contributed by atoms with E-state index in [-0.39, 0.29) is 12.0 Å². The van der Waals surface area contributed by atoms with Gasteiger partial charge in [-0.3, -0.25) is 4.79 Å². The average Bonchev–Trinajstić information content (AvgIpc) is 3.29. The van der Waals surface area contributed by atoms with E-state index < -0.39 is 23.5 Å². The van der Waals surface area contributed by atoms with E-state index in [0.717, 1.165) is 36.5 Å². The number of likely N-dealkylation sites (tertiary alicyclic amines) is 1. The van der Waals surface area contributed by atoms with Crippen LogP contribution in [0.1, 0.15) is 77.0 Å². The second-order valence-electron chi connectivity index (χ2n) is 12.6. The minimum absolute atomic E-state index is 0.0354. The lowest BCUT2D eigenvalue weighted by Crippen LogP contribution is -2.41. The summed E-state index contributed by atoms with van der Waals surface area (Å²) in [5.74, 6) is 1.26. The monoisotopic (exact) mass is 554 g/mol. The summed E-state index contributed by atoms with van der Waals surface area (Å²) >= 11 is 0. The van der Waals surface area contributed by atoms with Gasteiger partial charge in [-0.25, -0.2) is 14.6 Å². The SMILES string of the molecule is CC(C)(C)OC(=O)NCC1CCn2cc(-c3ccc(C(=O)N4CCC(OC(=O)OC(C)(C)C)CC4)cc3)nc2C1. The van der Waals surface area contributed by atoms with E-state index in [0.29, 0.717) is 44.0 Å². The molecule has 0 aliphatic carbocycles. The van der Waals surface area contributed by atoms with Crippen LogP contribution in [-0.4, -0.2) is 69.5 Å². The third-order valence-corrected chi connectivity index (χ3v) is 6.85. The van der Waals surface area contributed by atoms with Crippen molar-refractivity contribution < 1.29 is 28.6 Å². The van der Waals surface area contributed by atoms with Gasteiger partial charge in [0, 0.05) is 62.8 Å². The lowest BCUT2D eigenvalue weighted by Gasteiger charge is -2.32. The van der Waals surface area contributed by atoms with Crippen LogP contribution in [0.3, 0.4) is 0 Å². The third-order valence-electron chi connectivity index (χ3n) is 6.85. The zero-order chi connectivity index (χ0) is 29.1. The molecule has 2 amide bonds. The fraction of sp³-hybridized carbons (Fsp3) is 0.600. The predicted octanol–water partition coefficient (Wildman–Crippen LogP) is 5.19. The maximum absolute atomic E-state index is 13.1. The van der Waals surface area contributed by atoms with Crippen molar-refractivity contribution in [1.29, 1.82) is 0 Å². The summed E-state index contributed by atoms with van der Waals surface area (Å²) < 4.78 is 18.2. The number of alkyl carbamates (subject to hydrolysis) is 1. The molecular formula is C30H42N4O6. The first-order valence-corrected chi connectivity index (χ1v) is 14.1. The number of ether oxygens (including phenoxy) is 3. The molecule has 0 radical (unpaired) electrons. The lowest BCUT2D eigenvalue weighted by molar-refractivity contribution is -0.0375. The van der Waals surface area contributed by atoms with Crippen molar-refractivity contribution in [2.24, 2.45) is 5.92 Å². The Morgan fingerprint density at radius 1 is 0.925 bits per heavy atom. The van der Waals surface area contributed by atoms with Crippen molar-refractivity contribution in [3.8, 4) is 11.3 Å². The minimum atomic E-state index is -0.665. The molecule has 1 unspecified atom stereocenters. The zero-order valence-corrected chi connectivity index (χ0v) is 24.5. The van der Waals surface area contributed by atoms with Crippen LogP contribution in [-0.2, 0) is 27.2 Å². The number of carbonyl (C=O) groups is 3. The van der Waals surface area contributed by atoms with Crippen molar-refractivity contribution in [1.82, 2.24) is 19.8 Å². The summed E-state index contributed by atoms with van der Waals surface area (Å²) in [6.07, 6.45) is 3.64. The predicted molar refractivity (Wildman–Crippen MR) is 150 cm³/mol. The normalized spacial score (nSPS) is 18.1. The van der Waals surface area contributed by atoms with Gasteiger partial charge in [-0.2, -0.15) is 0 Å². The number of rotatable bonds is 5. The fourth-order valence-electron chi connectivity index (χ4n) is 4.90. The molecule has 10 heteroatoms. The highest BCUT2D eigenvalue weighted by Gasteiger charge is 2.28. The molecule has 2 aliphatic rings. The van der Waals surface area contributed by atoms with Gasteiger partial charge in [0.15, 0.2) is 0 Å². The van der Waals surface area contributed by atoms with Gasteiger partial charge in [0.1, 0.15) is 23.1 Å². The molecule has 2 aliphatic heterocycles. The number of nitrogens with zero attached hydrogens (tertiary/aromatic N) is 3. The van der Waals surface area contributed by atoms with E-state index >= 15 is 0 Å². The van der Waals surface area contributed by atoms with Crippen LogP contribution in [0.5, 0.6) is 0 Å². The van der Waals surface area contributed by atoms with E-state index in [1.807, 2.05) is 45.0 Å². The molecule has 1 aromatic carbocycles. The maximum Gasteiger partial charge on any atom is 0.509 e. The molecule has 1 atom stereocenters. The largest absolute Gasteiger partial charge is 0.509 e. The molecule has 3 heterocycles. The zero-order valence-electron chi connectivity index (χ0n) is 24.5. The number of aromatic nitrogens is 2. The number of amides is 2. The van der Waals surface area contributed by atoms with E-state index in [9.17, 15) is 14.4 Å². The van der Waals surface area contributed by atoms with E-state index in [1.54, 1.807) is 25.7 Å². The van der Waals surface area contributed by atoms with Crippen LogP contribution in [0.15, 0.2) is 30.5 Å². The van der Waals surface area contributed by atoms with Crippen LogP contribution >= 0.6 is 0 Å². The molecule has 1 fully saturated rings. The van der Waals surface area contributed by atoms with Crippen molar-refractivity contribution in [2.45, 2.75) is 91.1 Å². The van der Waals surface area contributed by atoms with Crippen molar-refractivity contribution in [2.75, 3.05) is 19.6 Å². The third kappa shape index (κ3) is 8.22. The number of nitrogens with one attached hydrogen (secondary N) is 1. The average molecular weight is 555 g/mol. The number of imidazole rings is 1. The molecular weight excluding hydrogens is 512 g/mol. The number of hydrogen-bond donors (Lipinski definition) is 1. The van der Waals surface area contributed by atoms with Crippen LogP contribution in [0.25, 0.3) is 11.3 Å². The Morgan fingerprint density at radius 3 is 2.20 bits per heavy atom.